The van der Waals surface area contributed by atoms with Crippen LogP contribution in [0, 0.1) is 11.3 Å². The number of imide groups is 1. The van der Waals surface area contributed by atoms with Gasteiger partial charge in [-0.15, -0.1) is 0 Å². The lowest BCUT2D eigenvalue weighted by atomic mass is 9.89. The minimum absolute atomic E-state index is 0.189. The van der Waals surface area contributed by atoms with Crippen molar-refractivity contribution >= 4 is 36.7 Å². The van der Waals surface area contributed by atoms with Gasteiger partial charge < -0.3 is 14.6 Å². The molecule has 0 atom stereocenters. The Morgan fingerprint density at radius 2 is 1.80 bits per heavy atom. The van der Waals surface area contributed by atoms with E-state index in [1.54, 1.807) is 35.1 Å². The van der Waals surface area contributed by atoms with Gasteiger partial charge in [0.2, 0.25) is 0 Å². The molecule has 1 fully saturated rings. The fourth-order valence-corrected chi connectivity index (χ4v) is 5.87. The SMILES string of the molecule is C[Si](C)(C)CCOCn1ccc2c(-c3cn(C4(CC#N)CNC4)nc3N3C(=O)c4ccccc4C3=O)ncnc21. The molecule has 0 unspecified atom stereocenters. The molecule has 0 aliphatic carbocycles. The van der Waals surface area contributed by atoms with Crippen LogP contribution in [0.2, 0.25) is 25.7 Å². The quantitative estimate of drug-likeness (QED) is 0.189. The molecule has 0 saturated carbocycles. The fourth-order valence-electron chi connectivity index (χ4n) is 5.11. The summed E-state index contributed by atoms with van der Waals surface area (Å²) in [6, 6.07) is 12.0. The second-order valence-electron chi connectivity index (χ2n) is 11.6. The van der Waals surface area contributed by atoms with Crippen molar-refractivity contribution in [2.45, 2.75) is 44.4 Å². The number of nitriles is 1. The van der Waals surface area contributed by atoms with Crippen LogP contribution in [-0.4, -0.2) is 63.9 Å². The summed E-state index contributed by atoms with van der Waals surface area (Å²) in [5.74, 6) is -0.687. The van der Waals surface area contributed by atoms with Crippen molar-refractivity contribution in [3.8, 4) is 17.3 Å². The van der Waals surface area contributed by atoms with Crippen LogP contribution in [0.5, 0.6) is 0 Å². The average Bonchev–Trinajstić information content (AvgIpc) is 3.59. The van der Waals surface area contributed by atoms with Gasteiger partial charge in [-0.05, 0) is 24.2 Å². The number of anilines is 1. The first kappa shape index (κ1) is 26.1. The molecule has 2 aliphatic rings. The van der Waals surface area contributed by atoms with Gasteiger partial charge in [-0.3, -0.25) is 14.3 Å². The maximum Gasteiger partial charge on any atom is 0.267 e. The molecule has 3 aromatic heterocycles. The first-order chi connectivity index (χ1) is 19.2. The molecule has 1 aromatic carbocycles. The highest BCUT2D eigenvalue weighted by Crippen LogP contribution is 2.39. The van der Waals surface area contributed by atoms with Gasteiger partial charge in [-0.25, -0.2) is 14.9 Å². The van der Waals surface area contributed by atoms with E-state index < -0.39 is 25.4 Å². The number of carbonyl (C=O) groups excluding carboxylic acids is 2. The summed E-state index contributed by atoms with van der Waals surface area (Å²) in [6.45, 7) is 9.07. The largest absolute Gasteiger partial charge is 0.361 e. The predicted octanol–water partition coefficient (Wildman–Crippen LogP) is 3.62. The van der Waals surface area contributed by atoms with Crippen molar-refractivity contribution in [2.75, 3.05) is 24.6 Å². The van der Waals surface area contributed by atoms with E-state index in [1.807, 2.05) is 16.8 Å². The molecular weight excluding hydrogens is 524 g/mol. The number of nitrogens with one attached hydrogen (secondary N) is 1. The Kier molecular flexibility index (Phi) is 6.37. The van der Waals surface area contributed by atoms with Crippen LogP contribution in [0.15, 0.2) is 49.1 Å². The van der Waals surface area contributed by atoms with Crippen molar-refractivity contribution in [1.29, 1.82) is 5.26 Å². The summed E-state index contributed by atoms with van der Waals surface area (Å²) in [5, 5.41) is 18.3. The van der Waals surface area contributed by atoms with Gasteiger partial charge in [0.1, 0.15) is 24.2 Å². The fraction of sp³-hybridized carbons (Fsp3) is 0.357. The summed E-state index contributed by atoms with van der Waals surface area (Å²) in [7, 11) is -1.21. The lowest BCUT2D eigenvalue weighted by Crippen LogP contribution is -2.60. The van der Waals surface area contributed by atoms with Crippen LogP contribution in [0.1, 0.15) is 27.1 Å². The van der Waals surface area contributed by atoms with Gasteiger partial charge in [0.15, 0.2) is 5.82 Å². The number of ether oxygens (including phenoxy) is 1. The van der Waals surface area contributed by atoms with E-state index in [0.717, 1.165) is 16.3 Å². The minimum Gasteiger partial charge on any atom is -0.361 e. The summed E-state index contributed by atoms with van der Waals surface area (Å²) >= 11 is 0. The molecular formula is C28H30N8O3Si. The number of rotatable bonds is 9. The molecule has 2 amide bonds. The number of hydrogen-bond acceptors (Lipinski definition) is 8. The number of benzene rings is 1. The maximum absolute atomic E-state index is 13.5. The molecule has 6 rings (SSSR count). The number of amides is 2. The van der Waals surface area contributed by atoms with E-state index in [4.69, 9.17) is 9.84 Å². The third-order valence-corrected chi connectivity index (χ3v) is 9.24. The lowest BCUT2D eigenvalue weighted by Gasteiger charge is -2.41. The molecule has 1 N–H and O–H groups in total. The van der Waals surface area contributed by atoms with Crippen LogP contribution < -0.4 is 10.2 Å². The van der Waals surface area contributed by atoms with Gasteiger partial charge in [-0.1, -0.05) is 31.8 Å². The zero-order chi connectivity index (χ0) is 28.1. The summed E-state index contributed by atoms with van der Waals surface area (Å²) in [6.07, 6.45) is 5.39. The standard InChI is InChI=1S/C28H30N8O3Si/c1-40(2,3)13-12-39-18-34-11-8-21-23(31-17-32-24(21)34)22-14-35(28(9-10-29)15-30-16-28)33-25(22)36-26(37)19-6-4-5-7-20(19)27(36)38/h4-8,11,14,17,30H,9,12-13,15-16,18H2,1-3H3. The molecule has 1 saturated heterocycles. The zero-order valence-electron chi connectivity index (χ0n) is 22.7. The second kappa shape index (κ2) is 9.78. The molecule has 4 aromatic rings. The molecule has 0 radical (unpaired) electrons. The summed E-state index contributed by atoms with van der Waals surface area (Å²) in [4.78, 5) is 37.2. The molecule has 2 aliphatic heterocycles. The van der Waals surface area contributed by atoms with E-state index in [-0.39, 0.29) is 12.2 Å². The third kappa shape index (κ3) is 4.32. The molecule has 40 heavy (non-hydrogen) atoms. The van der Waals surface area contributed by atoms with Gasteiger partial charge in [0.25, 0.3) is 11.8 Å². The molecule has 204 valence electrons. The van der Waals surface area contributed by atoms with Crippen molar-refractivity contribution in [3.05, 3.63) is 60.2 Å². The van der Waals surface area contributed by atoms with Crippen molar-refractivity contribution in [2.24, 2.45) is 0 Å². The van der Waals surface area contributed by atoms with E-state index in [9.17, 15) is 14.9 Å². The monoisotopic (exact) mass is 554 g/mol. The Balaban J connectivity index is 1.43. The Labute approximate surface area is 232 Å². The van der Waals surface area contributed by atoms with Crippen LogP contribution >= 0.6 is 0 Å². The first-order valence-corrected chi connectivity index (χ1v) is 17.0. The van der Waals surface area contributed by atoms with E-state index in [0.29, 0.717) is 54.5 Å². The Morgan fingerprint density at radius 3 is 2.42 bits per heavy atom. The van der Waals surface area contributed by atoms with Crippen LogP contribution in [0.3, 0.4) is 0 Å². The highest BCUT2D eigenvalue weighted by molar-refractivity contribution is 6.76. The number of carbonyl (C=O) groups is 2. The lowest BCUT2D eigenvalue weighted by molar-refractivity contribution is 0.0898. The summed E-state index contributed by atoms with van der Waals surface area (Å²) < 4.78 is 9.59. The van der Waals surface area contributed by atoms with Crippen molar-refractivity contribution in [1.82, 2.24) is 29.6 Å². The van der Waals surface area contributed by atoms with Crippen LogP contribution in [0.25, 0.3) is 22.3 Å². The average molecular weight is 555 g/mol. The van der Waals surface area contributed by atoms with Crippen LogP contribution in [0.4, 0.5) is 5.82 Å². The van der Waals surface area contributed by atoms with E-state index >= 15 is 0 Å². The minimum atomic E-state index is -1.21. The van der Waals surface area contributed by atoms with Gasteiger partial charge in [-0.2, -0.15) is 10.4 Å². The first-order valence-electron chi connectivity index (χ1n) is 13.3. The normalized spacial score (nSPS) is 16.3. The van der Waals surface area contributed by atoms with E-state index in [1.165, 1.54) is 6.33 Å². The number of nitrogens with zero attached hydrogens (tertiary/aromatic N) is 7. The van der Waals surface area contributed by atoms with Gasteiger partial charge in [0, 0.05) is 45.6 Å². The van der Waals surface area contributed by atoms with E-state index in [2.05, 4.69) is 41.0 Å². The van der Waals surface area contributed by atoms with Gasteiger partial charge in [0.05, 0.1) is 34.9 Å². The van der Waals surface area contributed by atoms with Gasteiger partial charge >= 0.3 is 0 Å². The topological polar surface area (TPSA) is 131 Å². The summed E-state index contributed by atoms with van der Waals surface area (Å²) in [5.41, 5.74) is 1.82. The Morgan fingerprint density at radius 1 is 1.07 bits per heavy atom. The molecule has 11 nitrogen and oxygen atoms in total. The Bertz CT molecular complexity index is 1640. The second-order valence-corrected chi connectivity index (χ2v) is 17.2. The molecule has 12 heteroatoms. The molecule has 5 heterocycles. The predicted molar refractivity (Wildman–Crippen MR) is 152 cm³/mol. The van der Waals surface area contributed by atoms with Crippen molar-refractivity contribution < 1.29 is 14.3 Å². The number of aromatic nitrogens is 5. The number of hydrogen-bond donors (Lipinski definition) is 1. The highest BCUT2D eigenvalue weighted by atomic mass is 28.3. The smallest absolute Gasteiger partial charge is 0.267 e. The Hall–Kier alpha value is -4.18. The third-order valence-electron chi connectivity index (χ3n) is 7.54. The molecule has 0 spiro atoms. The van der Waals surface area contributed by atoms with Crippen LogP contribution in [-0.2, 0) is 17.0 Å². The van der Waals surface area contributed by atoms with Crippen molar-refractivity contribution in [3.63, 3.8) is 0 Å². The number of fused-ring (bicyclic) bond motifs is 2. The highest BCUT2D eigenvalue weighted by Gasteiger charge is 2.44. The maximum atomic E-state index is 13.5. The zero-order valence-corrected chi connectivity index (χ0v) is 23.7. The molecule has 0 bridgehead atoms.